The third-order valence-electron chi connectivity index (χ3n) is 3.32. The Bertz CT molecular complexity index is 613. The van der Waals surface area contributed by atoms with Gasteiger partial charge in [0, 0.05) is 20.7 Å². The largest absolute Gasteiger partial charge is 0.377 e. The zero-order valence-corrected chi connectivity index (χ0v) is 11.8. The van der Waals surface area contributed by atoms with Crippen LogP contribution >= 0.6 is 0 Å². The van der Waals surface area contributed by atoms with Crippen molar-refractivity contribution >= 4 is 11.0 Å². The van der Waals surface area contributed by atoms with Gasteiger partial charge in [-0.1, -0.05) is 6.07 Å². The van der Waals surface area contributed by atoms with Crippen molar-refractivity contribution in [2.75, 3.05) is 20.2 Å². The van der Waals surface area contributed by atoms with E-state index in [0.717, 1.165) is 36.2 Å². The van der Waals surface area contributed by atoms with Crippen molar-refractivity contribution in [2.45, 2.75) is 13.0 Å². The van der Waals surface area contributed by atoms with E-state index in [2.05, 4.69) is 5.32 Å². The quantitative estimate of drug-likeness (QED) is 0.791. The molecule has 0 radical (unpaired) electrons. The summed E-state index contributed by atoms with van der Waals surface area (Å²) in [6, 6.07) is 6.01. The molecule has 0 unspecified atom stereocenters. The molecule has 0 aliphatic rings. The Morgan fingerprint density at radius 3 is 2.68 bits per heavy atom. The second-order valence-corrected chi connectivity index (χ2v) is 4.73. The third kappa shape index (κ3) is 2.88. The Kier molecular flexibility index (Phi) is 4.39. The molecule has 1 aromatic heterocycles. The summed E-state index contributed by atoms with van der Waals surface area (Å²) in [4.78, 5) is 11.8. The highest BCUT2D eigenvalue weighted by atomic mass is 16.5. The van der Waals surface area contributed by atoms with Crippen LogP contribution < -0.4 is 11.0 Å². The van der Waals surface area contributed by atoms with Crippen molar-refractivity contribution in [1.29, 1.82) is 0 Å². The number of aromatic nitrogens is 2. The zero-order chi connectivity index (χ0) is 13.8. The summed E-state index contributed by atoms with van der Waals surface area (Å²) in [6.45, 7) is 2.29. The van der Waals surface area contributed by atoms with Crippen LogP contribution in [-0.2, 0) is 25.4 Å². The van der Waals surface area contributed by atoms with Crippen LogP contribution in [0.5, 0.6) is 0 Å². The van der Waals surface area contributed by atoms with E-state index in [-0.39, 0.29) is 5.69 Å². The molecule has 0 atom stereocenters. The predicted octanol–water partition coefficient (Wildman–Crippen LogP) is 1.00. The van der Waals surface area contributed by atoms with E-state index in [1.54, 1.807) is 23.2 Å². The molecule has 0 aliphatic carbocycles. The van der Waals surface area contributed by atoms with E-state index in [1.807, 2.05) is 25.2 Å². The number of nitrogens with one attached hydrogen (secondary N) is 1. The number of hydrogen-bond donors (Lipinski definition) is 1. The fourth-order valence-electron chi connectivity index (χ4n) is 2.18. The fraction of sp³-hybridized carbons (Fsp3) is 0.500. The Hall–Kier alpha value is -1.59. The molecule has 19 heavy (non-hydrogen) atoms. The molecule has 1 heterocycles. The number of rotatable bonds is 6. The predicted molar refractivity (Wildman–Crippen MR) is 76.4 cm³/mol. The molecule has 0 fully saturated rings. The van der Waals surface area contributed by atoms with Crippen LogP contribution in [-0.4, -0.2) is 29.3 Å². The Labute approximate surface area is 112 Å². The highest BCUT2D eigenvalue weighted by Crippen LogP contribution is 2.14. The second kappa shape index (κ2) is 6.04. The normalized spacial score (nSPS) is 11.3. The van der Waals surface area contributed by atoms with Gasteiger partial charge in [0.15, 0.2) is 0 Å². The number of aryl methyl sites for hydroxylation is 2. The third-order valence-corrected chi connectivity index (χ3v) is 3.32. The first-order valence-electron chi connectivity index (χ1n) is 6.52. The van der Waals surface area contributed by atoms with Gasteiger partial charge in [-0.05, 0) is 37.7 Å². The van der Waals surface area contributed by atoms with E-state index in [9.17, 15) is 4.79 Å². The van der Waals surface area contributed by atoms with Gasteiger partial charge in [0.25, 0.3) is 0 Å². The van der Waals surface area contributed by atoms with Gasteiger partial charge >= 0.3 is 5.69 Å². The molecule has 2 rings (SSSR count). The van der Waals surface area contributed by atoms with E-state index in [4.69, 9.17) is 4.74 Å². The van der Waals surface area contributed by atoms with E-state index >= 15 is 0 Å². The number of nitrogens with zero attached hydrogens (tertiary/aromatic N) is 2. The van der Waals surface area contributed by atoms with Crippen molar-refractivity contribution < 1.29 is 4.74 Å². The SMILES string of the molecule is CNCCCOCc1ccc2c(c1)n(C)c(=O)n2C. The number of hydrogen-bond acceptors (Lipinski definition) is 3. The van der Waals surface area contributed by atoms with Gasteiger partial charge in [0.2, 0.25) is 0 Å². The topological polar surface area (TPSA) is 48.2 Å². The molecule has 0 amide bonds. The lowest BCUT2D eigenvalue weighted by molar-refractivity contribution is 0.119. The molecule has 5 heteroatoms. The van der Waals surface area contributed by atoms with Gasteiger partial charge in [-0.15, -0.1) is 0 Å². The number of fused-ring (bicyclic) bond motifs is 1. The van der Waals surface area contributed by atoms with Gasteiger partial charge in [-0.25, -0.2) is 4.79 Å². The molecule has 0 bridgehead atoms. The lowest BCUT2D eigenvalue weighted by atomic mass is 10.2. The summed E-state index contributed by atoms with van der Waals surface area (Å²) >= 11 is 0. The highest BCUT2D eigenvalue weighted by molar-refractivity contribution is 5.76. The Morgan fingerprint density at radius 2 is 1.95 bits per heavy atom. The minimum Gasteiger partial charge on any atom is -0.377 e. The van der Waals surface area contributed by atoms with Crippen LogP contribution in [0, 0.1) is 0 Å². The summed E-state index contributed by atoms with van der Waals surface area (Å²) in [6.07, 6.45) is 1.00. The van der Waals surface area contributed by atoms with Gasteiger partial charge in [-0.3, -0.25) is 9.13 Å². The number of benzene rings is 1. The second-order valence-electron chi connectivity index (χ2n) is 4.73. The first kappa shape index (κ1) is 13.8. The standard InChI is InChI=1S/C14H21N3O2/c1-15-7-4-8-19-10-11-5-6-12-13(9-11)17(3)14(18)16(12)2/h5-6,9,15H,4,7-8,10H2,1-3H3. The maximum Gasteiger partial charge on any atom is 0.328 e. The smallest absolute Gasteiger partial charge is 0.328 e. The van der Waals surface area contributed by atoms with Gasteiger partial charge < -0.3 is 10.1 Å². The Balaban J connectivity index is 2.09. The average Bonchev–Trinajstić information content (AvgIpc) is 2.64. The summed E-state index contributed by atoms with van der Waals surface area (Å²) in [5.41, 5.74) is 3.00. The van der Waals surface area contributed by atoms with Crippen LogP contribution in [0.1, 0.15) is 12.0 Å². The average molecular weight is 263 g/mol. The van der Waals surface area contributed by atoms with Crippen LogP contribution in [0.25, 0.3) is 11.0 Å². The molecule has 1 aromatic carbocycles. The molecule has 0 spiro atoms. The van der Waals surface area contributed by atoms with Crippen LogP contribution in [0.4, 0.5) is 0 Å². The Morgan fingerprint density at radius 1 is 1.21 bits per heavy atom. The maximum atomic E-state index is 11.8. The van der Waals surface area contributed by atoms with Gasteiger partial charge in [0.05, 0.1) is 17.6 Å². The molecule has 2 aromatic rings. The lowest BCUT2D eigenvalue weighted by Crippen LogP contribution is -2.19. The van der Waals surface area contributed by atoms with E-state index < -0.39 is 0 Å². The van der Waals surface area contributed by atoms with Gasteiger partial charge in [0.1, 0.15) is 0 Å². The lowest BCUT2D eigenvalue weighted by Gasteiger charge is -2.05. The van der Waals surface area contributed by atoms with E-state index in [0.29, 0.717) is 6.61 Å². The molecule has 1 N–H and O–H groups in total. The summed E-state index contributed by atoms with van der Waals surface area (Å²) in [5.74, 6) is 0. The minimum atomic E-state index is 0.00193. The van der Waals surface area contributed by atoms with Crippen molar-refractivity contribution in [3.05, 3.63) is 34.2 Å². The molecule has 0 saturated heterocycles. The van der Waals surface area contributed by atoms with Crippen molar-refractivity contribution in [2.24, 2.45) is 14.1 Å². The monoisotopic (exact) mass is 263 g/mol. The minimum absolute atomic E-state index is 0.00193. The van der Waals surface area contributed by atoms with E-state index in [1.165, 1.54) is 0 Å². The van der Waals surface area contributed by atoms with Crippen LogP contribution in [0.2, 0.25) is 0 Å². The van der Waals surface area contributed by atoms with Crippen molar-refractivity contribution in [3.63, 3.8) is 0 Å². The molecule has 104 valence electrons. The molecular weight excluding hydrogens is 242 g/mol. The van der Waals surface area contributed by atoms with Crippen molar-refractivity contribution in [3.8, 4) is 0 Å². The van der Waals surface area contributed by atoms with Gasteiger partial charge in [-0.2, -0.15) is 0 Å². The summed E-state index contributed by atoms with van der Waals surface area (Å²) < 4.78 is 8.94. The van der Waals surface area contributed by atoms with Crippen LogP contribution in [0.15, 0.2) is 23.0 Å². The van der Waals surface area contributed by atoms with Crippen LogP contribution in [0.3, 0.4) is 0 Å². The number of ether oxygens (including phenoxy) is 1. The molecule has 0 saturated carbocycles. The highest BCUT2D eigenvalue weighted by Gasteiger charge is 2.07. The number of imidazole rings is 1. The molecule has 5 nitrogen and oxygen atoms in total. The zero-order valence-electron chi connectivity index (χ0n) is 11.8. The summed E-state index contributed by atoms with van der Waals surface area (Å²) in [7, 11) is 5.52. The summed E-state index contributed by atoms with van der Waals surface area (Å²) in [5, 5.41) is 3.09. The van der Waals surface area contributed by atoms with Crippen molar-refractivity contribution in [1.82, 2.24) is 14.5 Å². The fourth-order valence-corrected chi connectivity index (χ4v) is 2.18. The molecule has 0 aliphatic heterocycles. The first-order chi connectivity index (χ1) is 9.15. The maximum absolute atomic E-state index is 11.8. The molecular formula is C14H21N3O2. The first-order valence-corrected chi connectivity index (χ1v) is 6.52.